The van der Waals surface area contributed by atoms with Crippen molar-refractivity contribution in [2.75, 3.05) is 14.2 Å². The van der Waals surface area contributed by atoms with Crippen LogP contribution in [0.5, 0.6) is 5.75 Å². The normalized spacial score (nSPS) is 11.8. The molecule has 0 heterocycles. The maximum atomic E-state index is 12.2. The van der Waals surface area contributed by atoms with Crippen LogP contribution in [0.3, 0.4) is 0 Å². The predicted molar refractivity (Wildman–Crippen MR) is 95.5 cm³/mol. The Balaban J connectivity index is 2.46. The zero-order valence-corrected chi connectivity index (χ0v) is 14.7. The summed E-state index contributed by atoms with van der Waals surface area (Å²) in [5, 5.41) is 18.5. The molecule has 0 unspecified atom stereocenters. The Morgan fingerprint density at radius 3 is 2.15 bits per heavy atom. The van der Waals surface area contributed by atoms with Crippen molar-refractivity contribution in [1.82, 2.24) is 0 Å². The van der Waals surface area contributed by atoms with Gasteiger partial charge < -0.3 is 14.6 Å². The average Bonchev–Trinajstić information content (AvgIpc) is 2.68. The summed E-state index contributed by atoms with van der Waals surface area (Å²) in [5.74, 6) is -2.25. The molecule has 0 spiro atoms. The number of methoxy groups -OCH3 is 2. The second-order valence-corrected chi connectivity index (χ2v) is 5.36. The smallest absolute Gasteiger partial charge is 0.381 e. The van der Waals surface area contributed by atoms with Gasteiger partial charge in [0.25, 0.3) is 5.78 Å². The first-order valence-electron chi connectivity index (χ1n) is 7.34. The number of hydrogen-bond donors (Lipinski definition) is 1. The van der Waals surface area contributed by atoms with E-state index in [2.05, 4.69) is 15.0 Å². The lowest BCUT2D eigenvalue weighted by molar-refractivity contribution is -0.149. The van der Waals surface area contributed by atoms with Crippen molar-refractivity contribution in [1.29, 1.82) is 0 Å². The summed E-state index contributed by atoms with van der Waals surface area (Å²) in [7, 11) is 2.55. The number of azo groups is 1. The fraction of sp³-hybridized carbons (Fsp3) is 0.111. The van der Waals surface area contributed by atoms with Crippen LogP contribution in [0, 0.1) is 0 Å². The Labute approximate surface area is 154 Å². The first-order valence-corrected chi connectivity index (χ1v) is 7.71. The molecule has 1 N–H and O–H groups in total. The minimum Gasteiger partial charge on any atom is -0.505 e. The number of ketones is 1. The van der Waals surface area contributed by atoms with Crippen molar-refractivity contribution in [3.63, 3.8) is 0 Å². The number of nitrogens with zero attached hydrogens (tertiary/aromatic N) is 2. The third-order valence-electron chi connectivity index (χ3n) is 3.27. The maximum Gasteiger partial charge on any atom is 0.381 e. The molecule has 0 radical (unpaired) electrons. The molecule has 0 aromatic heterocycles. The highest BCUT2D eigenvalue weighted by atomic mass is 35.5. The number of aliphatic hydroxyl groups is 1. The summed E-state index contributed by atoms with van der Waals surface area (Å²) in [4.78, 5) is 23.8. The van der Waals surface area contributed by atoms with Gasteiger partial charge in [-0.3, -0.25) is 4.79 Å². The van der Waals surface area contributed by atoms with Crippen LogP contribution in [-0.2, 0) is 14.3 Å². The quantitative estimate of drug-likeness (QED) is 0.270. The molecular weight excluding hydrogens is 360 g/mol. The fourth-order valence-electron chi connectivity index (χ4n) is 1.89. The van der Waals surface area contributed by atoms with Gasteiger partial charge in [-0.15, -0.1) is 5.11 Å². The molecule has 0 aliphatic rings. The van der Waals surface area contributed by atoms with Gasteiger partial charge in [-0.05, 0) is 48.5 Å². The number of esters is 1. The van der Waals surface area contributed by atoms with E-state index in [4.69, 9.17) is 16.3 Å². The topological polar surface area (TPSA) is 97.6 Å². The highest BCUT2D eigenvalue weighted by Crippen LogP contribution is 2.23. The van der Waals surface area contributed by atoms with Crippen molar-refractivity contribution in [2.24, 2.45) is 10.2 Å². The van der Waals surface area contributed by atoms with Gasteiger partial charge in [0.1, 0.15) is 5.75 Å². The first kappa shape index (κ1) is 19.1. The number of halogens is 1. The van der Waals surface area contributed by atoms with E-state index in [-0.39, 0.29) is 5.56 Å². The van der Waals surface area contributed by atoms with E-state index in [1.54, 1.807) is 36.4 Å². The van der Waals surface area contributed by atoms with E-state index in [0.717, 1.165) is 7.11 Å². The summed E-state index contributed by atoms with van der Waals surface area (Å²) in [5.41, 5.74) is 0.0946. The number of rotatable bonds is 6. The molecule has 0 aliphatic heterocycles. The van der Waals surface area contributed by atoms with Gasteiger partial charge in [0.2, 0.25) is 0 Å². The summed E-state index contributed by atoms with van der Waals surface area (Å²) in [6.45, 7) is 0. The predicted octanol–water partition coefficient (Wildman–Crippen LogP) is 4.10. The van der Waals surface area contributed by atoms with Crippen LogP contribution in [0.25, 0.3) is 5.76 Å². The lowest BCUT2D eigenvalue weighted by Gasteiger charge is -2.06. The Kier molecular flexibility index (Phi) is 6.46. The molecule has 2 aromatic rings. The van der Waals surface area contributed by atoms with Gasteiger partial charge in [0.05, 0.1) is 19.9 Å². The summed E-state index contributed by atoms with van der Waals surface area (Å²) < 4.78 is 9.45. The minimum atomic E-state index is -1.17. The van der Waals surface area contributed by atoms with E-state index in [1.807, 2.05) is 0 Å². The molecule has 0 aliphatic carbocycles. The Morgan fingerprint density at radius 2 is 1.62 bits per heavy atom. The lowest BCUT2D eigenvalue weighted by Crippen LogP contribution is -2.18. The molecule has 0 atom stereocenters. The summed E-state index contributed by atoms with van der Waals surface area (Å²) in [6.07, 6.45) is 0. The third-order valence-corrected chi connectivity index (χ3v) is 3.52. The molecule has 2 rings (SSSR count). The second kappa shape index (κ2) is 8.77. The van der Waals surface area contributed by atoms with Crippen molar-refractivity contribution in [3.05, 3.63) is 64.8 Å². The molecule has 0 bridgehead atoms. The second-order valence-electron chi connectivity index (χ2n) is 4.92. The Morgan fingerprint density at radius 1 is 1.00 bits per heavy atom. The van der Waals surface area contributed by atoms with Crippen molar-refractivity contribution in [2.45, 2.75) is 0 Å². The highest BCUT2D eigenvalue weighted by molar-refractivity contribution is 6.41. The minimum absolute atomic E-state index is 0.258. The van der Waals surface area contributed by atoms with Gasteiger partial charge in [-0.25, -0.2) is 4.79 Å². The highest BCUT2D eigenvalue weighted by Gasteiger charge is 2.25. The van der Waals surface area contributed by atoms with Crippen LogP contribution in [0.1, 0.15) is 5.56 Å². The molecule has 134 valence electrons. The van der Waals surface area contributed by atoms with Gasteiger partial charge in [-0.1, -0.05) is 11.6 Å². The largest absolute Gasteiger partial charge is 0.505 e. The van der Waals surface area contributed by atoms with Crippen LogP contribution in [0.15, 0.2) is 64.5 Å². The zero-order valence-electron chi connectivity index (χ0n) is 14.0. The lowest BCUT2D eigenvalue weighted by atomic mass is 10.1. The molecule has 0 amide bonds. The van der Waals surface area contributed by atoms with E-state index in [9.17, 15) is 14.7 Å². The van der Waals surface area contributed by atoms with E-state index in [0.29, 0.717) is 16.5 Å². The maximum absolute atomic E-state index is 12.2. The van der Waals surface area contributed by atoms with E-state index < -0.39 is 23.2 Å². The SMILES string of the molecule is COC(=O)C(=O)/C(N=Nc1ccc(Cl)cc1)=C(\O)c1ccc(OC)cc1. The van der Waals surface area contributed by atoms with Gasteiger partial charge in [0, 0.05) is 10.6 Å². The number of Topliss-reactive ketones (excluding diaryl/α,β-unsaturated/α-hetero) is 1. The molecule has 0 saturated heterocycles. The standard InChI is InChI=1S/C18H15ClN2O5/c1-25-14-9-3-11(4-10-14)16(22)15(17(23)18(24)26-2)21-20-13-7-5-12(19)6-8-13/h3-10,22H,1-2H3/b16-15+,21-20?. The summed E-state index contributed by atoms with van der Waals surface area (Å²) in [6, 6.07) is 12.5. The monoisotopic (exact) mass is 374 g/mol. The van der Waals surface area contributed by atoms with Crippen LogP contribution >= 0.6 is 11.6 Å². The number of ether oxygens (including phenoxy) is 2. The van der Waals surface area contributed by atoms with Gasteiger partial charge in [-0.2, -0.15) is 5.11 Å². The van der Waals surface area contributed by atoms with Crippen LogP contribution in [-0.4, -0.2) is 31.1 Å². The Hall–Kier alpha value is -3.19. The van der Waals surface area contributed by atoms with Gasteiger partial charge in [0.15, 0.2) is 11.5 Å². The molecule has 0 fully saturated rings. The molecule has 8 heteroatoms. The molecule has 7 nitrogen and oxygen atoms in total. The van der Waals surface area contributed by atoms with Crippen molar-refractivity contribution >= 4 is 34.8 Å². The van der Waals surface area contributed by atoms with Crippen molar-refractivity contribution in [3.8, 4) is 5.75 Å². The average molecular weight is 375 g/mol. The number of carbonyl (C=O) groups is 2. The number of hydrogen-bond acceptors (Lipinski definition) is 7. The molecule has 26 heavy (non-hydrogen) atoms. The number of aliphatic hydroxyl groups excluding tert-OH is 1. The molecule has 0 saturated carbocycles. The summed E-state index contributed by atoms with van der Waals surface area (Å²) >= 11 is 5.79. The van der Waals surface area contributed by atoms with Crippen LogP contribution in [0.4, 0.5) is 5.69 Å². The zero-order chi connectivity index (χ0) is 19.1. The number of carbonyl (C=O) groups excluding carboxylic acids is 2. The molecule has 2 aromatic carbocycles. The van der Waals surface area contributed by atoms with Crippen LogP contribution in [0.2, 0.25) is 5.02 Å². The Bertz CT molecular complexity index is 858. The van der Waals surface area contributed by atoms with Gasteiger partial charge >= 0.3 is 5.97 Å². The van der Waals surface area contributed by atoms with Crippen LogP contribution < -0.4 is 4.74 Å². The third kappa shape index (κ3) is 4.67. The number of benzene rings is 2. The van der Waals surface area contributed by atoms with E-state index in [1.165, 1.54) is 19.2 Å². The van der Waals surface area contributed by atoms with E-state index >= 15 is 0 Å². The first-order chi connectivity index (χ1) is 12.5. The molecular formula is C18H15ClN2O5. The van der Waals surface area contributed by atoms with Crippen molar-refractivity contribution < 1.29 is 24.2 Å². The fourth-order valence-corrected chi connectivity index (χ4v) is 2.02.